The maximum Gasteiger partial charge on any atom is 0.0701 e. The zero-order valence-electron chi connectivity index (χ0n) is 11.9. The van der Waals surface area contributed by atoms with E-state index in [1.807, 2.05) is 11.8 Å². The van der Waals surface area contributed by atoms with E-state index in [1.165, 1.54) is 12.2 Å². The highest BCUT2D eigenvalue weighted by Gasteiger charge is 2.25. The Bertz CT molecular complexity index is 207. The Kier molecular flexibility index (Phi) is 11.4. The van der Waals surface area contributed by atoms with Crippen LogP contribution in [0.15, 0.2) is 0 Å². The highest BCUT2D eigenvalue weighted by atomic mass is 35.5. The predicted molar refractivity (Wildman–Crippen MR) is 82.4 cm³/mol. The minimum absolute atomic E-state index is 0.338. The Labute approximate surface area is 126 Å². The van der Waals surface area contributed by atoms with Crippen LogP contribution < -0.4 is 0 Å². The van der Waals surface area contributed by atoms with Crippen molar-refractivity contribution in [3.05, 3.63) is 0 Å². The molecule has 0 spiro atoms. The lowest BCUT2D eigenvalue weighted by atomic mass is 10.1. The second-order valence-corrected chi connectivity index (χ2v) is 6.43. The smallest absolute Gasteiger partial charge is 0.0701 e. The van der Waals surface area contributed by atoms with Crippen LogP contribution in [0.2, 0.25) is 0 Å². The molecule has 0 aliphatic carbocycles. The molecule has 114 valence electrons. The molecule has 1 fully saturated rings. The molecule has 0 aromatic heterocycles. The molecule has 2 atom stereocenters. The maximum atomic E-state index is 6.20. The van der Waals surface area contributed by atoms with Gasteiger partial charge in [0.2, 0.25) is 0 Å². The number of ether oxygens (including phenoxy) is 3. The molecule has 1 saturated heterocycles. The van der Waals surface area contributed by atoms with Crippen LogP contribution in [-0.4, -0.2) is 56.5 Å². The summed E-state index contributed by atoms with van der Waals surface area (Å²) in [6.07, 6.45) is 3.38. The van der Waals surface area contributed by atoms with Crippen LogP contribution in [0.1, 0.15) is 26.2 Å². The van der Waals surface area contributed by atoms with Crippen LogP contribution in [0, 0.1) is 5.92 Å². The molecular formula is C14H27ClO3S. The van der Waals surface area contributed by atoms with Crippen molar-refractivity contribution in [3.8, 4) is 0 Å². The first-order valence-corrected chi connectivity index (χ1v) is 8.88. The van der Waals surface area contributed by atoms with Gasteiger partial charge in [0.25, 0.3) is 0 Å². The van der Waals surface area contributed by atoms with Crippen molar-refractivity contribution < 1.29 is 14.2 Å². The summed E-state index contributed by atoms with van der Waals surface area (Å²) in [5.41, 5.74) is 0. The lowest BCUT2D eigenvalue weighted by molar-refractivity contribution is 0.0123. The lowest BCUT2D eigenvalue weighted by Gasteiger charge is -2.12. The highest BCUT2D eigenvalue weighted by Crippen LogP contribution is 2.30. The average molecular weight is 311 g/mol. The number of rotatable bonds is 12. The van der Waals surface area contributed by atoms with Crippen LogP contribution in [0.4, 0.5) is 0 Å². The molecule has 0 aromatic rings. The number of thioether (sulfide) groups is 1. The van der Waals surface area contributed by atoms with Crippen molar-refractivity contribution in [2.45, 2.75) is 31.6 Å². The standard InChI is InChI=1S/C14H27ClO3S/c1-2-3-5-16-7-9-18-10-8-17-6-4-13-11-19-12-14(13)15/h13-14H,2-12H2,1H3. The summed E-state index contributed by atoms with van der Waals surface area (Å²) in [5, 5.41) is 0.338. The van der Waals surface area contributed by atoms with Gasteiger partial charge in [-0.15, -0.1) is 11.6 Å². The topological polar surface area (TPSA) is 27.7 Å². The highest BCUT2D eigenvalue weighted by molar-refractivity contribution is 7.99. The van der Waals surface area contributed by atoms with Gasteiger partial charge < -0.3 is 14.2 Å². The molecular weight excluding hydrogens is 284 g/mol. The summed E-state index contributed by atoms with van der Waals surface area (Å²) in [7, 11) is 0. The van der Waals surface area contributed by atoms with Crippen molar-refractivity contribution in [3.63, 3.8) is 0 Å². The zero-order valence-corrected chi connectivity index (χ0v) is 13.5. The Balaban J connectivity index is 1.74. The molecule has 0 aromatic carbocycles. The number of halogens is 1. The zero-order chi connectivity index (χ0) is 13.8. The van der Waals surface area contributed by atoms with E-state index >= 15 is 0 Å². The van der Waals surface area contributed by atoms with Crippen molar-refractivity contribution in [1.82, 2.24) is 0 Å². The average Bonchev–Trinajstić information content (AvgIpc) is 2.82. The lowest BCUT2D eigenvalue weighted by Crippen LogP contribution is -2.16. The van der Waals surface area contributed by atoms with E-state index < -0.39 is 0 Å². The van der Waals surface area contributed by atoms with Crippen LogP contribution >= 0.6 is 23.4 Å². The number of hydrogen-bond donors (Lipinski definition) is 0. The molecule has 0 radical (unpaired) electrons. The van der Waals surface area contributed by atoms with Gasteiger partial charge >= 0.3 is 0 Å². The minimum atomic E-state index is 0.338. The Morgan fingerprint density at radius 2 is 1.58 bits per heavy atom. The molecule has 0 bridgehead atoms. The van der Waals surface area contributed by atoms with Crippen LogP contribution in [-0.2, 0) is 14.2 Å². The molecule has 1 aliphatic heterocycles. The van der Waals surface area contributed by atoms with Crippen molar-refractivity contribution in [2.24, 2.45) is 5.92 Å². The quantitative estimate of drug-likeness (QED) is 0.409. The molecule has 0 saturated carbocycles. The fourth-order valence-electron chi connectivity index (χ4n) is 1.86. The summed E-state index contributed by atoms with van der Waals surface area (Å²) < 4.78 is 16.4. The number of hydrogen-bond acceptors (Lipinski definition) is 4. The Morgan fingerprint density at radius 1 is 0.947 bits per heavy atom. The summed E-state index contributed by atoms with van der Waals surface area (Å²) >= 11 is 8.14. The van der Waals surface area contributed by atoms with Crippen LogP contribution in [0.3, 0.4) is 0 Å². The molecule has 3 nitrogen and oxygen atoms in total. The third kappa shape index (κ3) is 9.14. The number of unbranched alkanes of at least 4 members (excludes halogenated alkanes) is 1. The van der Waals surface area contributed by atoms with Gasteiger partial charge in [-0.05, 0) is 24.5 Å². The van der Waals surface area contributed by atoms with Gasteiger partial charge in [0, 0.05) is 24.3 Å². The van der Waals surface area contributed by atoms with Gasteiger partial charge in [-0.25, -0.2) is 0 Å². The van der Waals surface area contributed by atoms with E-state index in [-0.39, 0.29) is 0 Å². The largest absolute Gasteiger partial charge is 0.379 e. The van der Waals surface area contributed by atoms with Crippen molar-refractivity contribution in [2.75, 3.05) is 51.1 Å². The van der Waals surface area contributed by atoms with E-state index in [0.717, 1.165) is 31.8 Å². The molecule has 19 heavy (non-hydrogen) atoms. The Hall–Kier alpha value is 0.520. The van der Waals surface area contributed by atoms with E-state index in [0.29, 0.717) is 37.7 Å². The second-order valence-electron chi connectivity index (χ2n) is 4.79. The molecule has 1 heterocycles. The minimum Gasteiger partial charge on any atom is -0.379 e. The first-order valence-electron chi connectivity index (χ1n) is 7.29. The van der Waals surface area contributed by atoms with Gasteiger partial charge in [0.1, 0.15) is 0 Å². The van der Waals surface area contributed by atoms with E-state index in [2.05, 4.69) is 6.92 Å². The summed E-state index contributed by atoms with van der Waals surface area (Å²) in [6, 6.07) is 0. The van der Waals surface area contributed by atoms with Crippen molar-refractivity contribution in [1.29, 1.82) is 0 Å². The summed E-state index contributed by atoms with van der Waals surface area (Å²) in [4.78, 5) is 0. The van der Waals surface area contributed by atoms with Crippen molar-refractivity contribution >= 4 is 23.4 Å². The van der Waals surface area contributed by atoms with Crippen LogP contribution in [0.25, 0.3) is 0 Å². The fraction of sp³-hybridized carbons (Fsp3) is 1.00. The fourth-order valence-corrected chi connectivity index (χ4v) is 3.78. The van der Waals surface area contributed by atoms with Gasteiger partial charge in [-0.1, -0.05) is 13.3 Å². The molecule has 1 aliphatic rings. The second kappa shape index (κ2) is 12.3. The summed E-state index contributed by atoms with van der Waals surface area (Å²) in [5.74, 6) is 2.90. The molecule has 2 unspecified atom stereocenters. The molecule has 1 rings (SSSR count). The third-order valence-electron chi connectivity index (χ3n) is 3.14. The number of alkyl halides is 1. The Morgan fingerprint density at radius 3 is 2.16 bits per heavy atom. The van der Waals surface area contributed by atoms with Gasteiger partial charge in [0.05, 0.1) is 26.4 Å². The van der Waals surface area contributed by atoms with E-state index in [9.17, 15) is 0 Å². The summed E-state index contributed by atoms with van der Waals surface area (Å²) in [6.45, 7) is 6.47. The van der Waals surface area contributed by atoms with Gasteiger partial charge in [0.15, 0.2) is 0 Å². The third-order valence-corrected chi connectivity index (χ3v) is 5.09. The van der Waals surface area contributed by atoms with E-state index in [4.69, 9.17) is 25.8 Å². The SMILES string of the molecule is CCCCOCCOCCOCCC1CSCC1Cl. The first-order chi connectivity index (χ1) is 9.34. The first kappa shape index (κ1) is 17.6. The maximum absolute atomic E-state index is 6.20. The van der Waals surface area contributed by atoms with Gasteiger partial charge in [-0.3, -0.25) is 0 Å². The molecule has 0 N–H and O–H groups in total. The monoisotopic (exact) mass is 310 g/mol. The van der Waals surface area contributed by atoms with Crippen LogP contribution in [0.5, 0.6) is 0 Å². The molecule has 5 heteroatoms. The molecule has 0 amide bonds. The predicted octanol–water partition coefficient (Wildman–Crippen LogP) is 3.20. The van der Waals surface area contributed by atoms with Gasteiger partial charge in [-0.2, -0.15) is 11.8 Å². The van der Waals surface area contributed by atoms with E-state index in [1.54, 1.807) is 0 Å². The normalized spacial score (nSPS) is 23.1.